The Morgan fingerprint density at radius 2 is 1.00 bits per heavy atom. The molecule has 0 unspecified atom stereocenters. The van der Waals surface area contributed by atoms with Gasteiger partial charge in [-0.05, 0) is 6.92 Å². The van der Waals surface area contributed by atoms with E-state index < -0.39 is 0 Å². The third-order valence-electron chi connectivity index (χ3n) is 1.82. The molecular formula is C13H15BKN4Y2-2. The van der Waals surface area contributed by atoms with E-state index in [0.717, 1.165) is 28.6 Å². The van der Waals surface area contributed by atoms with Crippen LogP contribution in [0.25, 0.3) is 0 Å². The van der Waals surface area contributed by atoms with E-state index in [-0.39, 0.29) is 125 Å². The van der Waals surface area contributed by atoms with Crippen molar-refractivity contribution >= 4 is 8.41 Å². The average molecular weight is 455 g/mol. The number of hydrogen-bond acceptors (Lipinski definition) is 4. The van der Waals surface area contributed by atoms with Gasteiger partial charge in [-0.2, -0.15) is 0 Å². The number of aryl methyl sites for hydroxylation is 5. The quantitative estimate of drug-likeness (QED) is 0.360. The van der Waals surface area contributed by atoms with Gasteiger partial charge in [0.25, 0.3) is 0 Å². The summed E-state index contributed by atoms with van der Waals surface area (Å²) in [6.07, 6.45) is 2.50. The molecule has 0 aliphatic heterocycles. The Morgan fingerprint density at radius 3 is 1.24 bits per heavy atom. The summed E-state index contributed by atoms with van der Waals surface area (Å²) in [4.78, 5) is 15.6. The molecule has 8 heteroatoms. The van der Waals surface area contributed by atoms with Gasteiger partial charge in [0.15, 0.2) is 0 Å². The van der Waals surface area contributed by atoms with E-state index in [4.69, 9.17) is 0 Å². The molecule has 21 heavy (non-hydrogen) atoms. The molecule has 0 aliphatic rings. The zero-order valence-corrected chi connectivity index (χ0v) is 22.3. The second-order valence-electron chi connectivity index (χ2n) is 3.69. The largest absolute Gasteiger partial charge is 1.00 e. The number of hydrogen-bond donors (Lipinski definition) is 0. The first-order chi connectivity index (χ1) is 7.97. The van der Waals surface area contributed by atoms with Crippen LogP contribution in [0.15, 0.2) is 0 Å². The van der Waals surface area contributed by atoms with Crippen LogP contribution in [0, 0.1) is 53.1 Å². The van der Waals surface area contributed by atoms with Crippen LogP contribution in [-0.2, 0) is 65.4 Å². The summed E-state index contributed by atoms with van der Waals surface area (Å²) in [5.41, 5.74) is 3.52. The first kappa shape index (κ1) is 30.9. The SMILES string of the molecule is Cc1[c-]c(C)n[c-]n1.Cc1[c-]c(C)nc(C)n1.[B].[K+].[Y].[Y]. The van der Waals surface area contributed by atoms with E-state index in [9.17, 15) is 0 Å². The van der Waals surface area contributed by atoms with Crippen molar-refractivity contribution in [3.8, 4) is 0 Å². The summed E-state index contributed by atoms with van der Waals surface area (Å²) < 4.78 is 0. The fraction of sp³-hybridized carbons (Fsp3) is 0.385. The summed E-state index contributed by atoms with van der Waals surface area (Å²) >= 11 is 0. The van der Waals surface area contributed by atoms with Crippen LogP contribution in [0.3, 0.4) is 0 Å². The minimum absolute atomic E-state index is 0. The molecule has 0 N–H and O–H groups in total. The number of rotatable bonds is 0. The van der Waals surface area contributed by atoms with Crippen molar-refractivity contribution in [1.29, 1.82) is 0 Å². The minimum atomic E-state index is 0. The van der Waals surface area contributed by atoms with Crippen molar-refractivity contribution in [2.45, 2.75) is 34.6 Å². The summed E-state index contributed by atoms with van der Waals surface area (Å²) in [6.45, 7) is 9.45. The fourth-order valence-corrected chi connectivity index (χ4v) is 1.32. The average Bonchev–Trinajstić information content (AvgIpc) is 2.15. The monoisotopic (exact) mass is 455 g/mol. The van der Waals surface area contributed by atoms with Gasteiger partial charge in [0.2, 0.25) is 0 Å². The van der Waals surface area contributed by atoms with Crippen molar-refractivity contribution in [3.05, 3.63) is 47.1 Å². The maximum Gasteiger partial charge on any atom is 1.00 e. The Hall–Kier alpha value is 2.07. The second-order valence-corrected chi connectivity index (χ2v) is 3.69. The summed E-state index contributed by atoms with van der Waals surface area (Å²) in [7, 11) is 0. The van der Waals surface area contributed by atoms with Gasteiger partial charge in [0, 0.05) is 80.2 Å². The van der Waals surface area contributed by atoms with E-state index in [1.807, 2.05) is 34.6 Å². The van der Waals surface area contributed by atoms with Crippen LogP contribution < -0.4 is 51.4 Å². The van der Waals surface area contributed by atoms with Gasteiger partial charge in [-0.15, -0.1) is 25.2 Å². The maximum absolute atomic E-state index is 4.07. The molecule has 0 aliphatic carbocycles. The van der Waals surface area contributed by atoms with Crippen LogP contribution >= 0.6 is 0 Å². The van der Waals surface area contributed by atoms with Gasteiger partial charge in [-0.1, -0.05) is 13.8 Å². The molecule has 4 nitrogen and oxygen atoms in total. The van der Waals surface area contributed by atoms with Crippen LogP contribution in [0.2, 0.25) is 0 Å². The molecule has 0 saturated carbocycles. The van der Waals surface area contributed by atoms with Gasteiger partial charge < -0.3 is 22.1 Å². The molecule has 0 spiro atoms. The smallest absolute Gasteiger partial charge is 0.571 e. The first-order valence-electron chi connectivity index (χ1n) is 5.29. The zero-order chi connectivity index (χ0) is 12.8. The molecule has 0 atom stereocenters. The topological polar surface area (TPSA) is 51.6 Å². The Kier molecular flexibility index (Phi) is 24.9. The molecule has 2 rings (SSSR count). The number of nitrogens with zero attached hydrogens (tertiary/aromatic N) is 4. The third-order valence-corrected chi connectivity index (χ3v) is 1.82. The van der Waals surface area contributed by atoms with Crippen LogP contribution in [0.4, 0.5) is 0 Å². The first-order valence-corrected chi connectivity index (χ1v) is 5.29. The molecule has 0 bridgehead atoms. The zero-order valence-electron chi connectivity index (χ0n) is 13.5. The normalized spacial score (nSPS) is 7.67. The van der Waals surface area contributed by atoms with Crippen molar-refractivity contribution < 1.29 is 117 Å². The second kappa shape index (κ2) is 16.9. The van der Waals surface area contributed by atoms with Crippen molar-refractivity contribution in [2.75, 3.05) is 0 Å². The predicted octanol–water partition coefficient (Wildman–Crippen LogP) is -1.49. The van der Waals surface area contributed by atoms with Gasteiger partial charge >= 0.3 is 51.4 Å². The Labute approximate surface area is 222 Å². The van der Waals surface area contributed by atoms with Gasteiger partial charge in [0.05, 0.1) is 0 Å². The molecule has 0 fully saturated rings. The molecular weight excluding hydrogens is 440 g/mol. The Bertz CT molecular complexity index is 448. The van der Waals surface area contributed by atoms with Gasteiger partial charge in [-0.25, -0.2) is 0 Å². The Balaban J connectivity index is -0.000000116. The molecule has 0 amide bonds. The molecule has 5 radical (unpaired) electrons. The predicted molar refractivity (Wildman–Crippen MR) is 70.0 cm³/mol. The third kappa shape index (κ3) is 15.3. The van der Waals surface area contributed by atoms with E-state index >= 15 is 0 Å². The summed E-state index contributed by atoms with van der Waals surface area (Å²) in [5, 5.41) is 0. The Morgan fingerprint density at radius 1 is 0.667 bits per heavy atom. The van der Waals surface area contributed by atoms with E-state index in [2.05, 4.69) is 38.4 Å². The van der Waals surface area contributed by atoms with E-state index in [0.29, 0.717) is 0 Å². The summed E-state index contributed by atoms with van der Waals surface area (Å²) in [6, 6.07) is 5.91. The van der Waals surface area contributed by atoms with Crippen molar-refractivity contribution in [3.63, 3.8) is 0 Å². The summed E-state index contributed by atoms with van der Waals surface area (Å²) in [5.74, 6) is 0.823. The molecule has 0 aromatic carbocycles. The van der Waals surface area contributed by atoms with Crippen LogP contribution in [0.1, 0.15) is 28.6 Å². The van der Waals surface area contributed by atoms with Crippen LogP contribution in [0.5, 0.6) is 0 Å². The molecule has 2 aromatic heterocycles. The number of aromatic nitrogens is 4. The molecule has 2 heterocycles. The van der Waals surface area contributed by atoms with Crippen molar-refractivity contribution in [1.82, 2.24) is 19.9 Å². The molecule has 99 valence electrons. The van der Waals surface area contributed by atoms with Crippen LogP contribution in [-0.4, -0.2) is 28.3 Å². The minimum Gasteiger partial charge on any atom is -0.571 e. The molecule has 0 saturated heterocycles. The standard InChI is InChI=1S/C7H9N2.C6H6N2.B.K.2Y/c1-5-4-6(2)9-7(3)8-5;1-5-3-6(2)8-4-7-5;;;;/h1-3H3;1-2H3;;;;/q-1;-2;;+1;;. The van der Waals surface area contributed by atoms with Gasteiger partial charge in [-0.3, -0.25) is 21.4 Å². The van der Waals surface area contributed by atoms with Crippen molar-refractivity contribution in [2.24, 2.45) is 0 Å². The van der Waals surface area contributed by atoms with E-state index in [1.54, 1.807) is 0 Å². The molecule has 2 aromatic rings. The van der Waals surface area contributed by atoms with Gasteiger partial charge in [0.1, 0.15) is 5.82 Å². The fourth-order valence-electron chi connectivity index (χ4n) is 1.32. The van der Waals surface area contributed by atoms with E-state index in [1.165, 1.54) is 0 Å². The maximum atomic E-state index is 4.07.